The predicted molar refractivity (Wildman–Crippen MR) is 109 cm³/mol. The summed E-state index contributed by atoms with van der Waals surface area (Å²) >= 11 is 0. The van der Waals surface area contributed by atoms with Crippen molar-refractivity contribution in [2.24, 2.45) is 40.4 Å². The van der Waals surface area contributed by atoms with Crippen LogP contribution in [0.3, 0.4) is 0 Å². The molecule has 0 saturated heterocycles. The minimum Gasteiger partial charge on any atom is -0.481 e. The van der Waals surface area contributed by atoms with Gasteiger partial charge in [0.1, 0.15) is 0 Å². The molecule has 0 spiro atoms. The first-order valence-corrected chi connectivity index (χ1v) is 11.5. The highest BCUT2D eigenvalue weighted by Gasteiger charge is 2.60. The summed E-state index contributed by atoms with van der Waals surface area (Å²) in [4.78, 5) is 11.0. The zero-order valence-electron chi connectivity index (χ0n) is 17.7. The molecule has 4 heteroatoms. The van der Waals surface area contributed by atoms with E-state index >= 15 is 0 Å². The fourth-order valence-electron chi connectivity index (χ4n) is 8.28. The molecule has 0 radical (unpaired) electrons. The number of aliphatic hydroxyl groups is 2. The van der Waals surface area contributed by atoms with Crippen LogP contribution in [0.2, 0.25) is 0 Å². The van der Waals surface area contributed by atoms with Crippen LogP contribution < -0.4 is 0 Å². The molecule has 28 heavy (non-hydrogen) atoms. The molecular formula is C24H38O4. The summed E-state index contributed by atoms with van der Waals surface area (Å²) in [7, 11) is 0. The van der Waals surface area contributed by atoms with Crippen LogP contribution in [-0.4, -0.2) is 33.5 Å². The van der Waals surface area contributed by atoms with Gasteiger partial charge < -0.3 is 15.3 Å². The van der Waals surface area contributed by atoms with Crippen molar-refractivity contribution in [3.63, 3.8) is 0 Å². The molecule has 0 aliphatic heterocycles. The normalized spacial score (nSPS) is 48.8. The molecule has 4 rings (SSSR count). The monoisotopic (exact) mass is 390 g/mol. The Morgan fingerprint density at radius 3 is 2.61 bits per heavy atom. The Morgan fingerprint density at radius 1 is 1.14 bits per heavy atom. The van der Waals surface area contributed by atoms with Crippen LogP contribution in [0.5, 0.6) is 0 Å². The van der Waals surface area contributed by atoms with E-state index in [2.05, 4.69) is 20.8 Å². The van der Waals surface area contributed by atoms with Gasteiger partial charge in [-0.05, 0) is 97.4 Å². The first-order valence-electron chi connectivity index (χ1n) is 11.5. The van der Waals surface area contributed by atoms with Gasteiger partial charge >= 0.3 is 5.97 Å². The molecule has 0 aromatic carbocycles. The zero-order valence-corrected chi connectivity index (χ0v) is 17.7. The lowest BCUT2D eigenvalue weighted by Gasteiger charge is -2.60. The smallest absolute Gasteiger partial charge is 0.303 e. The van der Waals surface area contributed by atoms with Gasteiger partial charge in [-0.2, -0.15) is 0 Å². The van der Waals surface area contributed by atoms with Gasteiger partial charge in [0.2, 0.25) is 0 Å². The van der Waals surface area contributed by atoms with E-state index in [9.17, 15) is 15.0 Å². The summed E-state index contributed by atoms with van der Waals surface area (Å²) in [5.74, 6) is 2.18. The number of hydrogen-bond donors (Lipinski definition) is 3. The van der Waals surface area contributed by atoms with Crippen molar-refractivity contribution < 1.29 is 20.1 Å². The van der Waals surface area contributed by atoms with E-state index in [0.717, 1.165) is 31.3 Å². The van der Waals surface area contributed by atoms with Crippen LogP contribution in [0.4, 0.5) is 0 Å². The third-order valence-corrected chi connectivity index (χ3v) is 9.67. The highest BCUT2D eigenvalue weighted by molar-refractivity contribution is 5.66. The number of aliphatic hydroxyl groups excluding tert-OH is 2. The number of carbonyl (C=O) groups is 1. The molecule has 3 saturated carbocycles. The second-order valence-electron chi connectivity index (χ2n) is 10.9. The number of rotatable bonds is 4. The lowest BCUT2D eigenvalue weighted by molar-refractivity contribution is -0.137. The molecule has 4 aliphatic carbocycles. The van der Waals surface area contributed by atoms with Crippen molar-refractivity contribution in [2.45, 2.75) is 90.8 Å². The van der Waals surface area contributed by atoms with E-state index in [4.69, 9.17) is 5.11 Å². The average Bonchev–Trinajstić information content (AvgIpc) is 2.99. The largest absolute Gasteiger partial charge is 0.481 e. The maximum atomic E-state index is 11.0. The molecule has 0 bridgehead atoms. The van der Waals surface area contributed by atoms with Gasteiger partial charge in [-0.1, -0.05) is 26.8 Å². The maximum Gasteiger partial charge on any atom is 0.303 e. The predicted octanol–water partition coefficient (Wildman–Crippen LogP) is 4.40. The Balaban J connectivity index is 1.57. The van der Waals surface area contributed by atoms with E-state index < -0.39 is 18.2 Å². The second-order valence-corrected chi connectivity index (χ2v) is 10.9. The minimum absolute atomic E-state index is 0.0376. The Hall–Kier alpha value is -0.870. The fraction of sp³-hybridized carbons (Fsp3) is 0.875. The number of hydrogen-bond acceptors (Lipinski definition) is 3. The molecule has 0 unspecified atom stereocenters. The van der Waals surface area contributed by atoms with Gasteiger partial charge in [-0.25, -0.2) is 0 Å². The molecule has 9 atom stereocenters. The van der Waals surface area contributed by atoms with E-state index in [1.54, 1.807) is 0 Å². The van der Waals surface area contributed by atoms with Gasteiger partial charge in [0.15, 0.2) is 0 Å². The maximum absolute atomic E-state index is 11.0. The molecule has 3 fully saturated rings. The quantitative estimate of drug-likeness (QED) is 0.622. The summed E-state index contributed by atoms with van der Waals surface area (Å²) in [6, 6.07) is 0. The van der Waals surface area contributed by atoms with E-state index in [1.165, 1.54) is 25.7 Å². The second kappa shape index (κ2) is 7.12. The number of carboxylic acid groups (broad SMARTS) is 1. The molecular weight excluding hydrogens is 352 g/mol. The third-order valence-electron chi connectivity index (χ3n) is 9.67. The van der Waals surface area contributed by atoms with E-state index in [0.29, 0.717) is 29.6 Å². The topological polar surface area (TPSA) is 77.8 Å². The number of fused-ring (bicyclic) bond motifs is 5. The molecule has 0 aromatic rings. The summed E-state index contributed by atoms with van der Waals surface area (Å²) in [5.41, 5.74) is 1.43. The zero-order chi connectivity index (χ0) is 20.3. The minimum atomic E-state index is -0.683. The lowest BCUT2D eigenvalue weighted by Crippen LogP contribution is -2.54. The molecule has 3 N–H and O–H groups in total. The fourth-order valence-corrected chi connectivity index (χ4v) is 8.28. The summed E-state index contributed by atoms with van der Waals surface area (Å²) < 4.78 is 0. The van der Waals surface area contributed by atoms with Gasteiger partial charge in [0.25, 0.3) is 0 Å². The molecule has 158 valence electrons. The van der Waals surface area contributed by atoms with Crippen molar-refractivity contribution in [1.29, 1.82) is 0 Å². The lowest BCUT2D eigenvalue weighted by atomic mass is 9.46. The standard InChI is InChI=1S/C24H38O4/c1-14(4-7-22(27)28)17-5-6-18-16-13-21(26)20-12-15(25)8-10-24(20,3)19(16)9-11-23(17,18)2/h12,14-19,21,25-26H,4-11,13H2,1-3H3,(H,27,28)/t14-,15+,16-,17+,18-,19-,21+,23+,24-/m1/s1. The first-order chi connectivity index (χ1) is 13.2. The molecule has 0 heterocycles. The van der Waals surface area contributed by atoms with Crippen molar-refractivity contribution in [1.82, 2.24) is 0 Å². The van der Waals surface area contributed by atoms with Crippen molar-refractivity contribution in [3.05, 3.63) is 11.6 Å². The van der Waals surface area contributed by atoms with Gasteiger partial charge in [-0.3, -0.25) is 4.79 Å². The SMILES string of the molecule is C[C@H](CCC(=O)O)[C@@H]1CC[C@@H]2[C@H]3C[C@H](O)C4=C[C@@H](O)CC[C@]4(C)[C@@H]3CC[C@]21C. The van der Waals surface area contributed by atoms with E-state index in [1.807, 2.05) is 6.08 Å². The van der Waals surface area contributed by atoms with Crippen molar-refractivity contribution in [3.8, 4) is 0 Å². The molecule has 4 aliphatic rings. The van der Waals surface area contributed by atoms with E-state index in [-0.39, 0.29) is 17.3 Å². The van der Waals surface area contributed by atoms with Gasteiger partial charge in [0.05, 0.1) is 12.2 Å². The average molecular weight is 391 g/mol. The molecule has 0 amide bonds. The van der Waals surface area contributed by atoms with Crippen LogP contribution in [0.1, 0.15) is 78.6 Å². The Kier molecular flexibility index (Phi) is 5.19. The van der Waals surface area contributed by atoms with Crippen LogP contribution in [0.15, 0.2) is 11.6 Å². The van der Waals surface area contributed by atoms with Crippen LogP contribution in [0.25, 0.3) is 0 Å². The van der Waals surface area contributed by atoms with Gasteiger partial charge in [-0.15, -0.1) is 0 Å². The summed E-state index contributed by atoms with van der Waals surface area (Å²) in [6.45, 7) is 7.07. The van der Waals surface area contributed by atoms with Crippen molar-refractivity contribution in [2.75, 3.05) is 0 Å². The van der Waals surface area contributed by atoms with Gasteiger partial charge in [0, 0.05) is 6.42 Å². The summed E-state index contributed by atoms with van der Waals surface area (Å²) in [6.07, 6.45) is 9.72. The number of aliphatic carboxylic acids is 1. The van der Waals surface area contributed by atoms with Crippen LogP contribution >= 0.6 is 0 Å². The Labute approximate surface area is 169 Å². The van der Waals surface area contributed by atoms with Crippen LogP contribution in [-0.2, 0) is 4.79 Å². The third kappa shape index (κ3) is 3.06. The Morgan fingerprint density at radius 2 is 1.89 bits per heavy atom. The highest BCUT2D eigenvalue weighted by atomic mass is 16.4. The number of carboxylic acids is 1. The Bertz CT molecular complexity index is 657. The highest BCUT2D eigenvalue weighted by Crippen LogP contribution is 2.67. The summed E-state index contributed by atoms with van der Waals surface area (Å²) in [5, 5.41) is 30.2. The van der Waals surface area contributed by atoms with Crippen LogP contribution in [0, 0.1) is 40.4 Å². The molecule has 4 nitrogen and oxygen atoms in total. The molecule has 0 aromatic heterocycles. The van der Waals surface area contributed by atoms with Crippen molar-refractivity contribution >= 4 is 5.97 Å². The first kappa shape index (κ1) is 20.4.